The van der Waals surface area contributed by atoms with Gasteiger partial charge in [-0.25, -0.2) is 9.59 Å². The molecule has 27 heavy (non-hydrogen) atoms. The van der Waals surface area contributed by atoms with Gasteiger partial charge in [-0.15, -0.1) is 0 Å². The summed E-state index contributed by atoms with van der Waals surface area (Å²) in [7, 11) is 0. The molecule has 0 bridgehead atoms. The lowest BCUT2D eigenvalue weighted by molar-refractivity contribution is -0.154. The van der Waals surface area contributed by atoms with E-state index in [1.54, 1.807) is 20.8 Å². The van der Waals surface area contributed by atoms with Crippen molar-refractivity contribution in [1.82, 2.24) is 5.32 Å². The van der Waals surface area contributed by atoms with Gasteiger partial charge in [0.05, 0.1) is 0 Å². The highest BCUT2D eigenvalue weighted by atomic mass is 32.2. The van der Waals surface area contributed by atoms with Gasteiger partial charge in [-0.3, -0.25) is 4.79 Å². The second-order valence-electron chi connectivity index (χ2n) is 6.86. The molecule has 0 aliphatic carbocycles. The number of alkyl carbamates (subject to hydrolysis) is 1. The van der Waals surface area contributed by atoms with Crippen LogP contribution in [0.2, 0.25) is 0 Å². The molecule has 0 spiro atoms. The van der Waals surface area contributed by atoms with E-state index in [1.165, 1.54) is 11.8 Å². The summed E-state index contributed by atoms with van der Waals surface area (Å²) in [4.78, 5) is 34.7. The van der Waals surface area contributed by atoms with Gasteiger partial charge in [0.25, 0.3) is 0 Å². The van der Waals surface area contributed by atoms with Gasteiger partial charge >= 0.3 is 18.0 Å². The maximum absolute atomic E-state index is 11.8. The maximum Gasteiger partial charge on any atom is 0.408 e. The number of carboxylic acid groups (broad SMARTS) is 1. The number of carboxylic acids is 1. The molecule has 0 heterocycles. The van der Waals surface area contributed by atoms with Crippen molar-refractivity contribution in [2.75, 3.05) is 11.5 Å². The zero-order valence-electron chi connectivity index (χ0n) is 15.9. The first-order valence-corrected chi connectivity index (χ1v) is 9.82. The van der Waals surface area contributed by atoms with Gasteiger partial charge in [-0.1, -0.05) is 30.3 Å². The van der Waals surface area contributed by atoms with Gasteiger partial charge < -0.3 is 19.9 Å². The number of ether oxygens (including phenoxy) is 2. The Morgan fingerprint density at radius 1 is 1.19 bits per heavy atom. The summed E-state index contributed by atoms with van der Waals surface area (Å²) < 4.78 is 10.2. The minimum Gasteiger partial charge on any atom is -0.480 e. The van der Waals surface area contributed by atoms with E-state index in [-0.39, 0.29) is 24.7 Å². The molecule has 0 radical (unpaired) electrons. The van der Waals surface area contributed by atoms with Gasteiger partial charge in [-0.2, -0.15) is 11.8 Å². The highest BCUT2D eigenvalue weighted by molar-refractivity contribution is 7.99. The highest BCUT2D eigenvalue weighted by Gasteiger charge is 2.21. The minimum absolute atomic E-state index is 0.0715. The molecule has 1 atom stereocenters. The molecule has 1 unspecified atom stereocenters. The first-order valence-electron chi connectivity index (χ1n) is 8.67. The van der Waals surface area contributed by atoms with Gasteiger partial charge in [0.2, 0.25) is 0 Å². The van der Waals surface area contributed by atoms with E-state index in [9.17, 15) is 19.5 Å². The van der Waals surface area contributed by atoms with Crippen molar-refractivity contribution in [2.45, 2.75) is 51.9 Å². The number of aliphatic carboxylic acids is 1. The summed E-state index contributed by atoms with van der Waals surface area (Å²) in [5, 5.41) is 11.6. The zero-order valence-corrected chi connectivity index (χ0v) is 16.7. The van der Waals surface area contributed by atoms with Crippen molar-refractivity contribution in [2.24, 2.45) is 0 Å². The summed E-state index contributed by atoms with van der Waals surface area (Å²) in [6, 6.07) is 8.06. The predicted octanol–water partition coefficient (Wildman–Crippen LogP) is 3.22. The lowest BCUT2D eigenvalue weighted by Crippen LogP contribution is -2.42. The van der Waals surface area contributed by atoms with Crippen LogP contribution in [0.25, 0.3) is 0 Å². The number of amides is 1. The third kappa shape index (κ3) is 11.2. The lowest BCUT2D eigenvalue weighted by atomic mass is 10.2. The van der Waals surface area contributed by atoms with Crippen LogP contribution in [0.4, 0.5) is 4.79 Å². The van der Waals surface area contributed by atoms with Gasteiger partial charge in [-0.05, 0) is 38.5 Å². The Bertz CT molecular complexity index is 614. The zero-order chi connectivity index (χ0) is 20.3. The van der Waals surface area contributed by atoms with E-state index in [2.05, 4.69) is 5.32 Å². The molecule has 0 aliphatic heterocycles. The van der Waals surface area contributed by atoms with Crippen LogP contribution in [0.5, 0.6) is 0 Å². The van der Waals surface area contributed by atoms with Crippen LogP contribution in [-0.4, -0.2) is 46.3 Å². The number of esters is 1. The van der Waals surface area contributed by atoms with Crippen LogP contribution < -0.4 is 5.32 Å². The Balaban J connectivity index is 2.26. The largest absolute Gasteiger partial charge is 0.480 e. The number of nitrogens with one attached hydrogen (secondary N) is 1. The molecule has 8 heteroatoms. The van der Waals surface area contributed by atoms with Gasteiger partial charge in [0.1, 0.15) is 18.2 Å². The number of hydrogen-bond donors (Lipinski definition) is 2. The second kappa shape index (κ2) is 11.5. The first kappa shape index (κ1) is 22.8. The number of carbonyl (C=O) groups is 3. The predicted molar refractivity (Wildman–Crippen MR) is 104 cm³/mol. The summed E-state index contributed by atoms with van der Waals surface area (Å²) in [5.41, 5.74) is 0.305. The Morgan fingerprint density at radius 2 is 1.85 bits per heavy atom. The Hall–Kier alpha value is -2.22. The Labute approximate surface area is 163 Å². The fourth-order valence-corrected chi connectivity index (χ4v) is 2.97. The quantitative estimate of drug-likeness (QED) is 0.462. The van der Waals surface area contributed by atoms with E-state index in [4.69, 9.17) is 9.47 Å². The van der Waals surface area contributed by atoms with Crippen LogP contribution in [0, 0.1) is 0 Å². The summed E-state index contributed by atoms with van der Waals surface area (Å²) >= 11 is 1.35. The van der Waals surface area contributed by atoms with Crippen LogP contribution in [0.3, 0.4) is 0 Å². The third-order valence-electron chi connectivity index (χ3n) is 3.18. The van der Waals surface area contributed by atoms with E-state index in [0.717, 1.165) is 5.56 Å². The monoisotopic (exact) mass is 397 g/mol. The van der Waals surface area contributed by atoms with Gasteiger partial charge in [0.15, 0.2) is 0 Å². The summed E-state index contributed by atoms with van der Waals surface area (Å²) in [6.07, 6.45) is 0.0689. The van der Waals surface area contributed by atoms with E-state index in [0.29, 0.717) is 12.2 Å². The molecule has 1 aromatic carbocycles. The van der Waals surface area contributed by atoms with Crippen LogP contribution in [-0.2, 0) is 25.7 Å². The number of rotatable bonds is 10. The average Bonchev–Trinajstić information content (AvgIpc) is 2.57. The average molecular weight is 397 g/mol. The van der Waals surface area contributed by atoms with Crippen molar-refractivity contribution in [3.8, 4) is 0 Å². The number of hydrogen-bond acceptors (Lipinski definition) is 6. The molecule has 2 N–H and O–H groups in total. The second-order valence-corrected chi connectivity index (χ2v) is 8.01. The molecule has 7 nitrogen and oxygen atoms in total. The lowest BCUT2D eigenvalue weighted by Gasteiger charge is -2.19. The van der Waals surface area contributed by atoms with Gasteiger partial charge in [0, 0.05) is 12.2 Å². The fourth-order valence-electron chi connectivity index (χ4n) is 1.99. The summed E-state index contributed by atoms with van der Waals surface area (Å²) in [6.45, 7) is 5.49. The normalized spacial score (nSPS) is 12.1. The molecule has 1 aromatic rings. The number of benzene rings is 1. The van der Waals surface area contributed by atoms with Crippen molar-refractivity contribution in [3.05, 3.63) is 35.9 Å². The molecular weight excluding hydrogens is 370 g/mol. The molecule has 0 fully saturated rings. The van der Waals surface area contributed by atoms with E-state index < -0.39 is 23.7 Å². The molecular formula is C19H27NO6S. The fraction of sp³-hybridized carbons (Fsp3) is 0.526. The van der Waals surface area contributed by atoms with Crippen molar-refractivity contribution in [1.29, 1.82) is 0 Å². The molecule has 0 saturated carbocycles. The van der Waals surface area contributed by atoms with E-state index in [1.807, 2.05) is 30.3 Å². The highest BCUT2D eigenvalue weighted by Crippen LogP contribution is 2.12. The maximum atomic E-state index is 11.8. The molecule has 150 valence electrons. The number of carbonyl (C=O) groups excluding carboxylic acids is 2. The Kier molecular flexibility index (Phi) is 9.71. The van der Waals surface area contributed by atoms with Crippen LogP contribution >= 0.6 is 11.8 Å². The molecule has 1 amide bonds. The Morgan fingerprint density at radius 3 is 2.44 bits per heavy atom. The third-order valence-corrected chi connectivity index (χ3v) is 4.32. The minimum atomic E-state index is -1.13. The molecule has 0 aromatic heterocycles. The van der Waals surface area contributed by atoms with Crippen molar-refractivity contribution < 1.29 is 29.0 Å². The summed E-state index contributed by atoms with van der Waals surface area (Å²) in [5.74, 6) is -0.639. The molecule has 0 saturated heterocycles. The molecule has 1 rings (SSSR count). The standard InChI is InChI=1S/C19H27NO6S/c1-19(2,3)26-16(21)10-7-11-27-13-15(17(22)23)20-18(24)25-12-14-8-5-4-6-9-14/h4-6,8-9,15H,7,10-13H2,1-3H3,(H,20,24)(H,22,23). The smallest absolute Gasteiger partial charge is 0.408 e. The van der Waals surface area contributed by atoms with Crippen molar-refractivity contribution >= 4 is 29.8 Å². The number of thioether (sulfide) groups is 1. The van der Waals surface area contributed by atoms with Crippen LogP contribution in [0.15, 0.2) is 30.3 Å². The molecule has 0 aliphatic rings. The van der Waals surface area contributed by atoms with E-state index >= 15 is 0 Å². The SMILES string of the molecule is CC(C)(C)OC(=O)CCCSCC(NC(=O)OCc1ccccc1)C(=O)O. The van der Waals surface area contributed by atoms with Crippen molar-refractivity contribution in [3.63, 3.8) is 0 Å². The first-order chi connectivity index (χ1) is 12.7. The van der Waals surface area contributed by atoms with Crippen LogP contribution in [0.1, 0.15) is 39.2 Å². The topological polar surface area (TPSA) is 102 Å².